The zero-order chi connectivity index (χ0) is 16.2. The van der Waals surface area contributed by atoms with E-state index in [0.717, 1.165) is 18.5 Å². The summed E-state index contributed by atoms with van der Waals surface area (Å²) in [5.41, 5.74) is 0.179. The first-order valence-corrected chi connectivity index (χ1v) is 7.43. The summed E-state index contributed by atoms with van der Waals surface area (Å²) in [4.78, 5) is 26.2. The summed E-state index contributed by atoms with van der Waals surface area (Å²) in [6.07, 6.45) is 2.02. The van der Waals surface area contributed by atoms with E-state index < -0.39 is 5.54 Å². The lowest BCUT2D eigenvalue weighted by Crippen LogP contribution is -2.53. The fraction of sp³-hybridized carbons (Fsp3) is 0.667. The molecule has 0 radical (unpaired) electrons. The van der Waals surface area contributed by atoms with Crippen LogP contribution in [0.1, 0.15) is 30.7 Å². The lowest BCUT2D eigenvalue weighted by molar-refractivity contribution is -0.139. The van der Waals surface area contributed by atoms with Gasteiger partial charge in [0.15, 0.2) is 0 Å². The summed E-state index contributed by atoms with van der Waals surface area (Å²) in [6.45, 7) is 2.79. The summed E-state index contributed by atoms with van der Waals surface area (Å²) in [5.74, 6) is 0.391. The van der Waals surface area contributed by atoms with E-state index in [1.165, 1.54) is 0 Å². The van der Waals surface area contributed by atoms with Crippen molar-refractivity contribution in [1.29, 1.82) is 0 Å². The average Bonchev–Trinajstić information content (AvgIpc) is 3.06. The molecule has 2 heterocycles. The number of likely N-dealkylation sites (tertiary alicyclic amines) is 1. The Morgan fingerprint density at radius 2 is 2.32 bits per heavy atom. The first-order valence-electron chi connectivity index (χ1n) is 7.43. The van der Waals surface area contributed by atoms with Crippen molar-refractivity contribution in [2.45, 2.75) is 38.1 Å². The molecule has 1 fully saturated rings. The maximum absolute atomic E-state index is 12.6. The number of nitrogens with zero attached hydrogens (tertiary/aromatic N) is 2. The summed E-state index contributed by atoms with van der Waals surface area (Å²) in [5, 5.41) is 6.42. The van der Waals surface area contributed by atoms with Crippen LogP contribution in [0.15, 0.2) is 10.6 Å². The molecule has 1 saturated heterocycles. The van der Waals surface area contributed by atoms with Crippen molar-refractivity contribution in [3.63, 3.8) is 0 Å². The van der Waals surface area contributed by atoms with Gasteiger partial charge in [0, 0.05) is 26.8 Å². The molecule has 0 bridgehead atoms. The van der Waals surface area contributed by atoms with Gasteiger partial charge in [-0.2, -0.15) is 0 Å². The summed E-state index contributed by atoms with van der Waals surface area (Å²) in [6, 6.07) is 1.75. The number of hydrogen-bond acceptors (Lipinski definition) is 5. The molecular weight excluding hydrogens is 286 g/mol. The third-order valence-electron chi connectivity index (χ3n) is 4.08. The summed E-state index contributed by atoms with van der Waals surface area (Å²) >= 11 is 0. The zero-order valence-electron chi connectivity index (χ0n) is 13.3. The van der Waals surface area contributed by atoms with Crippen molar-refractivity contribution in [2.24, 2.45) is 0 Å². The Hall–Kier alpha value is -1.89. The number of nitrogens with one attached hydrogen (secondary N) is 1. The fourth-order valence-corrected chi connectivity index (χ4v) is 3.11. The quantitative estimate of drug-likeness (QED) is 0.835. The van der Waals surface area contributed by atoms with Crippen LogP contribution in [0.2, 0.25) is 0 Å². The van der Waals surface area contributed by atoms with Crippen LogP contribution in [-0.2, 0) is 20.7 Å². The highest BCUT2D eigenvalue weighted by molar-refractivity contribution is 5.82. The van der Waals surface area contributed by atoms with E-state index in [0.29, 0.717) is 18.9 Å². The molecule has 1 aromatic heterocycles. The van der Waals surface area contributed by atoms with Crippen LogP contribution in [0, 0.1) is 6.92 Å². The molecule has 0 aromatic carbocycles. The Morgan fingerprint density at radius 1 is 1.55 bits per heavy atom. The van der Waals surface area contributed by atoms with Gasteiger partial charge in [0.25, 0.3) is 0 Å². The number of carbonyl (C=O) groups excluding carboxylic acids is 2. The van der Waals surface area contributed by atoms with Crippen LogP contribution in [0.5, 0.6) is 0 Å². The molecule has 0 saturated carbocycles. The molecule has 7 nitrogen and oxygen atoms in total. The monoisotopic (exact) mass is 309 g/mol. The number of amides is 2. The van der Waals surface area contributed by atoms with Gasteiger partial charge in [0.05, 0.1) is 30.7 Å². The molecule has 122 valence electrons. The summed E-state index contributed by atoms with van der Waals surface area (Å²) < 4.78 is 10.4. The largest absolute Gasteiger partial charge is 0.382 e. The van der Waals surface area contributed by atoms with E-state index in [1.54, 1.807) is 25.1 Å². The van der Waals surface area contributed by atoms with Crippen molar-refractivity contribution < 1.29 is 18.8 Å². The van der Waals surface area contributed by atoms with Crippen molar-refractivity contribution in [3.8, 4) is 0 Å². The predicted molar refractivity (Wildman–Crippen MR) is 79.2 cm³/mol. The molecule has 1 N–H and O–H groups in total. The molecule has 0 aliphatic carbocycles. The molecule has 1 aliphatic heterocycles. The topological polar surface area (TPSA) is 84.7 Å². The second-order valence-electron chi connectivity index (χ2n) is 5.77. The Kier molecular flexibility index (Phi) is 5.18. The molecule has 1 atom stereocenters. The summed E-state index contributed by atoms with van der Waals surface area (Å²) in [7, 11) is 3.19. The fourth-order valence-electron chi connectivity index (χ4n) is 3.11. The van der Waals surface area contributed by atoms with E-state index in [9.17, 15) is 9.59 Å². The average molecular weight is 309 g/mol. The van der Waals surface area contributed by atoms with Crippen LogP contribution in [0.4, 0.5) is 0 Å². The standard InChI is InChI=1S/C15H23N3O4/c1-11-7-12(22-17-11)8-14(20)18-6-4-5-15(18,10-21-3)9-13(19)16-2/h7H,4-6,8-10H2,1-3H3,(H,16,19). The molecular formula is C15H23N3O4. The van der Waals surface area contributed by atoms with Gasteiger partial charge in [-0.15, -0.1) is 0 Å². The Balaban J connectivity index is 2.14. The van der Waals surface area contributed by atoms with Crippen LogP contribution in [0.3, 0.4) is 0 Å². The van der Waals surface area contributed by atoms with Crippen LogP contribution in [0.25, 0.3) is 0 Å². The lowest BCUT2D eigenvalue weighted by Gasteiger charge is -2.37. The maximum atomic E-state index is 12.6. The van der Waals surface area contributed by atoms with Crippen molar-refractivity contribution in [1.82, 2.24) is 15.4 Å². The van der Waals surface area contributed by atoms with Crippen molar-refractivity contribution >= 4 is 11.8 Å². The third-order valence-corrected chi connectivity index (χ3v) is 4.08. The van der Waals surface area contributed by atoms with Gasteiger partial charge in [-0.05, 0) is 19.8 Å². The van der Waals surface area contributed by atoms with Crippen LogP contribution < -0.4 is 5.32 Å². The van der Waals surface area contributed by atoms with Gasteiger partial charge in [-0.1, -0.05) is 5.16 Å². The Labute approximate surface area is 130 Å². The number of aryl methyl sites for hydroxylation is 1. The predicted octanol–water partition coefficient (Wildman–Crippen LogP) is 0.669. The molecule has 22 heavy (non-hydrogen) atoms. The molecule has 1 aliphatic rings. The third kappa shape index (κ3) is 3.47. The molecule has 2 rings (SSSR count). The molecule has 2 amide bonds. The van der Waals surface area contributed by atoms with Gasteiger partial charge < -0.3 is 19.5 Å². The van der Waals surface area contributed by atoms with Gasteiger partial charge in [0.1, 0.15) is 5.76 Å². The van der Waals surface area contributed by atoms with E-state index in [-0.39, 0.29) is 24.7 Å². The van der Waals surface area contributed by atoms with E-state index in [2.05, 4.69) is 10.5 Å². The Morgan fingerprint density at radius 3 is 2.91 bits per heavy atom. The van der Waals surface area contributed by atoms with Crippen LogP contribution in [-0.4, -0.2) is 54.7 Å². The highest BCUT2D eigenvalue weighted by Gasteiger charge is 2.45. The second kappa shape index (κ2) is 6.91. The number of hydrogen-bond donors (Lipinski definition) is 1. The van der Waals surface area contributed by atoms with E-state index in [1.807, 2.05) is 6.92 Å². The lowest BCUT2D eigenvalue weighted by atomic mass is 9.92. The minimum Gasteiger partial charge on any atom is -0.382 e. The normalized spacial score (nSPS) is 21.1. The first-order chi connectivity index (χ1) is 10.5. The van der Waals surface area contributed by atoms with Gasteiger partial charge >= 0.3 is 0 Å². The molecule has 7 heteroatoms. The number of ether oxygens (including phenoxy) is 1. The van der Waals surface area contributed by atoms with Gasteiger partial charge in [-0.3, -0.25) is 9.59 Å². The minimum atomic E-state index is -0.568. The van der Waals surface area contributed by atoms with Gasteiger partial charge in [0.2, 0.25) is 11.8 Å². The van der Waals surface area contributed by atoms with E-state index >= 15 is 0 Å². The number of methoxy groups -OCH3 is 1. The maximum Gasteiger partial charge on any atom is 0.230 e. The first kappa shape index (κ1) is 16.5. The second-order valence-corrected chi connectivity index (χ2v) is 5.77. The zero-order valence-corrected chi connectivity index (χ0v) is 13.3. The molecule has 1 unspecified atom stereocenters. The van der Waals surface area contributed by atoms with Crippen molar-refractivity contribution in [3.05, 3.63) is 17.5 Å². The molecule has 0 spiro atoms. The molecule has 1 aromatic rings. The van der Waals surface area contributed by atoms with Gasteiger partial charge in [-0.25, -0.2) is 0 Å². The SMILES string of the molecule is CNC(=O)CC1(COC)CCCN1C(=O)Cc1cc(C)no1. The van der Waals surface area contributed by atoms with Crippen molar-refractivity contribution in [2.75, 3.05) is 27.3 Å². The highest BCUT2D eigenvalue weighted by Crippen LogP contribution is 2.33. The smallest absolute Gasteiger partial charge is 0.230 e. The van der Waals surface area contributed by atoms with Crippen LogP contribution >= 0.6 is 0 Å². The number of aromatic nitrogens is 1. The van der Waals surface area contributed by atoms with E-state index in [4.69, 9.17) is 9.26 Å². The number of rotatable bonds is 6. The Bertz CT molecular complexity index is 543. The minimum absolute atomic E-state index is 0.0606. The highest BCUT2D eigenvalue weighted by atomic mass is 16.5. The number of carbonyl (C=O) groups is 2.